The minimum Gasteiger partial charge on any atom is -0.347 e. The number of halogens is 2. The maximum Gasteiger partial charge on any atom is 0.243 e. The Morgan fingerprint density at radius 3 is 2.60 bits per heavy atom. The van der Waals surface area contributed by atoms with Crippen molar-refractivity contribution in [2.75, 3.05) is 11.9 Å². The molecule has 1 aromatic carbocycles. The van der Waals surface area contributed by atoms with Gasteiger partial charge in [0.2, 0.25) is 11.8 Å². The van der Waals surface area contributed by atoms with Crippen LogP contribution in [0.25, 0.3) is 0 Å². The Bertz CT molecular complexity index is 478. The molecular weight excluding hydrogens is 299 g/mol. The van der Waals surface area contributed by atoms with Crippen molar-refractivity contribution < 1.29 is 9.59 Å². The minimum absolute atomic E-state index is 0.0756. The molecule has 0 bridgehead atoms. The van der Waals surface area contributed by atoms with Crippen molar-refractivity contribution in [3.8, 4) is 0 Å². The van der Waals surface area contributed by atoms with Crippen LogP contribution in [-0.4, -0.2) is 18.4 Å². The van der Waals surface area contributed by atoms with E-state index in [1.165, 1.54) is 0 Å². The fourth-order valence-electron chi connectivity index (χ4n) is 1.59. The zero-order chi connectivity index (χ0) is 15.0. The van der Waals surface area contributed by atoms with E-state index < -0.39 is 0 Å². The molecule has 110 valence electrons. The lowest BCUT2D eigenvalue weighted by molar-refractivity contribution is -0.124. The molecule has 1 aromatic rings. The molecule has 1 rings (SSSR count). The standard InChI is InChI=1S/C14H18Cl2N2O2/c1-2-3-4-5-13(19)17-9-14(20)18-12-8-10(15)6-7-11(12)16/h6-8H,2-5,9H2,1H3,(H,17,19)(H,18,20). The average Bonchev–Trinajstić information content (AvgIpc) is 2.41. The average molecular weight is 317 g/mol. The quantitative estimate of drug-likeness (QED) is 0.755. The van der Waals surface area contributed by atoms with Crippen LogP contribution in [0.15, 0.2) is 18.2 Å². The molecule has 0 radical (unpaired) electrons. The van der Waals surface area contributed by atoms with E-state index in [0.717, 1.165) is 19.3 Å². The second-order valence-corrected chi connectivity index (χ2v) is 5.25. The molecule has 2 amide bonds. The minimum atomic E-state index is -0.335. The van der Waals surface area contributed by atoms with Gasteiger partial charge in [-0.15, -0.1) is 0 Å². The molecular formula is C14H18Cl2N2O2. The van der Waals surface area contributed by atoms with Gasteiger partial charge in [0.1, 0.15) is 0 Å². The summed E-state index contributed by atoms with van der Waals surface area (Å²) in [6.45, 7) is 1.99. The summed E-state index contributed by atoms with van der Waals surface area (Å²) in [5, 5.41) is 6.05. The fraction of sp³-hybridized carbons (Fsp3) is 0.429. The number of anilines is 1. The number of hydrogen-bond acceptors (Lipinski definition) is 2. The van der Waals surface area contributed by atoms with Crippen molar-refractivity contribution in [2.45, 2.75) is 32.6 Å². The summed E-state index contributed by atoms with van der Waals surface area (Å²) < 4.78 is 0. The van der Waals surface area contributed by atoms with Crippen LogP contribution < -0.4 is 10.6 Å². The Hall–Kier alpha value is -1.26. The van der Waals surface area contributed by atoms with Crippen LogP contribution in [0.5, 0.6) is 0 Å². The van der Waals surface area contributed by atoms with E-state index in [2.05, 4.69) is 17.6 Å². The van der Waals surface area contributed by atoms with Crippen molar-refractivity contribution in [1.82, 2.24) is 5.32 Å². The van der Waals surface area contributed by atoms with Gasteiger partial charge in [-0.25, -0.2) is 0 Å². The Morgan fingerprint density at radius 1 is 1.15 bits per heavy atom. The first kappa shape index (κ1) is 16.8. The number of amides is 2. The summed E-state index contributed by atoms with van der Waals surface area (Å²) in [5.41, 5.74) is 0.435. The Morgan fingerprint density at radius 2 is 1.90 bits per heavy atom. The third-order valence-corrected chi connectivity index (χ3v) is 3.22. The number of carbonyl (C=O) groups excluding carboxylic acids is 2. The molecule has 0 saturated heterocycles. The molecule has 2 N–H and O–H groups in total. The second kappa shape index (κ2) is 8.82. The van der Waals surface area contributed by atoms with E-state index in [1.54, 1.807) is 18.2 Å². The van der Waals surface area contributed by atoms with Crippen molar-refractivity contribution in [2.24, 2.45) is 0 Å². The number of rotatable bonds is 7. The van der Waals surface area contributed by atoms with Gasteiger partial charge in [0.25, 0.3) is 0 Å². The summed E-state index contributed by atoms with van der Waals surface area (Å²) in [6, 6.07) is 4.79. The van der Waals surface area contributed by atoms with Crippen LogP contribution in [0.2, 0.25) is 10.0 Å². The Kier molecular flexibility index (Phi) is 7.41. The topological polar surface area (TPSA) is 58.2 Å². The zero-order valence-corrected chi connectivity index (χ0v) is 12.9. The van der Waals surface area contributed by atoms with Crippen LogP contribution in [0.3, 0.4) is 0 Å². The molecule has 6 heteroatoms. The molecule has 0 aromatic heterocycles. The van der Waals surface area contributed by atoms with Gasteiger partial charge in [0, 0.05) is 11.4 Å². The van der Waals surface area contributed by atoms with Crippen LogP contribution in [0, 0.1) is 0 Å². The number of benzene rings is 1. The fourth-order valence-corrected chi connectivity index (χ4v) is 1.93. The number of carbonyl (C=O) groups is 2. The Balaban J connectivity index is 2.36. The van der Waals surface area contributed by atoms with Crippen LogP contribution >= 0.6 is 23.2 Å². The van der Waals surface area contributed by atoms with Gasteiger partial charge in [-0.05, 0) is 24.6 Å². The lowest BCUT2D eigenvalue weighted by atomic mass is 10.2. The number of nitrogens with one attached hydrogen (secondary N) is 2. The molecule has 0 atom stereocenters. The number of hydrogen-bond donors (Lipinski definition) is 2. The zero-order valence-electron chi connectivity index (χ0n) is 11.3. The van der Waals surface area contributed by atoms with E-state index >= 15 is 0 Å². The van der Waals surface area contributed by atoms with Crippen molar-refractivity contribution in [3.63, 3.8) is 0 Å². The molecule has 0 saturated carbocycles. The van der Waals surface area contributed by atoms with Gasteiger partial charge < -0.3 is 10.6 Å². The molecule has 0 heterocycles. The van der Waals surface area contributed by atoms with Crippen LogP contribution in [0.1, 0.15) is 32.6 Å². The largest absolute Gasteiger partial charge is 0.347 e. The van der Waals surface area contributed by atoms with Gasteiger partial charge in [-0.3, -0.25) is 9.59 Å². The van der Waals surface area contributed by atoms with Crippen molar-refractivity contribution in [3.05, 3.63) is 28.2 Å². The first-order valence-corrected chi connectivity index (χ1v) is 7.30. The van der Waals surface area contributed by atoms with E-state index in [-0.39, 0.29) is 18.4 Å². The summed E-state index contributed by atoms with van der Waals surface area (Å²) in [6.07, 6.45) is 3.35. The highest BCUT2D eigenvalue weighted by Crippen LogP contribution is 2.25. The predicted molar refractivity (Wildman–Crippen MR) is 82.2 cm³/mol. The highest BCUT2D eigenvalue weighted by molar-refractivity contribution is 6.35. The van der Waals surface area contributed by atoms with E-state index in [4.69, 9.17) is 23.2 Å². The van der Waals surface area contributed by atoms with Crippen molar-refractivity contribution in [1.29, 1.82) is 0 Å². The van der Waals surface area contributed by atoms with Gasteiger partial charge in [-0.1, -0.05) is 43.0 Å². The third-order valence-electron chi connectivity index (χ3n) is 2.66. The summed E-state index contributed by atoms with van der Waals surface area (Å²) in [7, 11) is 0. The highest BCUT2D eigenvalue weighted by Gasteiger charge is 2.08. The molecule has 0 aliphatic rings. The molecule has 0 unspecified atom stereocenters. The second-order valence-electron chi connectivity index (χ2n) is 4.41. The van der Waals surface area contributed by atoms with Crippen LogP contribution in [0.4, 0.5) is 5.69 Å². The maximum absolute atomic E-state index is 11.7. The first-order valence-electron chi connectivity index (χ1n) is 6.54. The van der Waals surface area contributed by atoms with Gasteiger partial charge in [0.15, 0.2) is 0 Å². The summed E-state index contributed by atoms with van der Waals surface area (Å²) in [5.74, 6) is -0.455. The van der Waals surface area contributed by atoms with E-state index in [9.17, 15) is 9.59 Å². The van der Waals surface area contributed by atoms with Gasteiger partial charge in [0.05, 0.1) is 17.3 Å². The van der Waals surface area contributed by atoms with Crippen molar-refractivity contribution >= 4 is 40.7 Å². The normalized spacial score (nSPS) is 10.2. The maximum atomic E-state index is 11.7. The Labute approximate surface area is 128 Å². The SMILES string of the molecule is CCCCCC(=O)NCC(=O)Nc1cc(Cl)ccc1Cl. The molecule has 0 aliphatic heterocycles. The molecule has 4 nitrogen and oxygen atoms in total. The van der Waals surface area contributed by atoms with Crippen LogP contribution in [-0.2, 0) is 9.59 Å². The van der Waals surface area contributed by atoms with Gasteiger partial charge >= 0.3 is 0 Å². The summed E-state index contributed by atoms with van der Waals surface area (Å²) >= 11 is 11.7. The third kappa shape index (κ3) is 6.26. The molecule has 20 heavy (non-hydrogen) atoms. The lowest BCUT2D eigenvalue weighted by Gasteiger charge is -2.08. The van der Waals surface area contributed by atoms with E-state index in [0.29, 0.717) is 22.2 Å². The summed E-state index contributed by atoms with van der Waals surface area (Å²) in [4.78, 5) is 23.1. The van der Waals surface area contributed by atoms with Gasteiger partial charge in [-0.2, -0.15) is 0 Å². The highest BCUT2D eigenvalue weighted by atomic mass is 35.5. The molecule has 0 fully saturated rings. The van der Waals surface area contributed by atoms with E-state index in [1.807, 2.05) is 0 Å². The predicted octanol–water partition coefficient (Wildman–Crippen LogP) is 3.63. The molecule has 0 spiro atoms. The smallest absolute Gasteiger partial charge is 0.243 e. The first-order chi connectivity index (χ1) is 9.52. The lowest BCUT2D eigenvalue weighted by Crippen LogP contribution is -2.32. The number of unbranched alkanes of at least 4 members (excludes halogenated alkanes) is 2. The molecule has 0 aliphatic carbocycles. The monoisotopic (exact) mass is 316 g/mol.